The van der Waals surface area contributed by atoms with E-state index in [1.54, 1.807) is 0 Å². The van der Waals surface area contributed by atoms with Crippen LogP contribution in [0.2, 0.25) is 5.02 Å². The Kier molecular flexibility index (Phi) is 4.72. The van der Waals surface area contributed by atoms with E-state index < -0.39 is 10.0 Å². The molecule has 1 unspecified atom stereocenters. The third-order valence-electron chi connectivity index (χ3n) is 2.82. The highest BCUT2D eigenvalue weighted by atomic mass is 79.9. The largest absolute Gasteiger partial charge is 0.250 e. The highest BCUT2D eigenvalue weighted by Gasteiger charge is 2.31. The van der Waals surface area contributed by atoms with Crippen LogP contribution in [-0.4, -0.2) is 25.5 Å². The fourth-order valence-electron chi connectivity index (χ4n) is 1.75. The number of sulfonamides is 1. The van der Waals surface area contributed by atoms with E-state index in [4.69, 9.17) is 11.6 Å². The zero-order valence-corrected chi connectivity index (χ0v) is 14.5. The average molecular weight is 391 g/mol. The Labute approximate surface area is 129 Å². The fraction of sp³-hybridized carbons (Fsp3) is 0.600. The smallest absolute Gasteiger partial charge is 0.209 e. The maximum absolute atomic E-state index is 12.1. The number of thiophene rings is 1. The van der Waals surface area contributed by atoms with Gasteiger partial charge in [0.05, 0.1) is 8.81 Å². The molecular weight excluding hydrogens is 378 g/mol. The summed E-state index contributed by atoms with van der Waals surface area (Å²) in [7, 11) is -3.45. The molecule has 3 nitrogen and oxygen atoms in total. The number of rotatable bonds is 4. The van der Waals surface area contributed by atoms with E-state index in [1.165, 1.54) is 6.07 Å². The molecule has 0 spiro atoms. The molecule has 8 heteroatoms. The molecule has 18 heavy (non-hydrogen) atoms. The van der Waals surface area contributed by atoms with Gasteiger partial charge in [-0.2, -0.15) is 11.8 Å². The fourth-order valence-corrected chi connectivity index (χ4v) is 6.70. The lowest BCUT2D eigenvalue weighted by Gasteiger charge is -2.22. The monoisotopic (exact) mass is 389 g/mol. The minimum atomic E-state index is -3.45. The maximum atomic E-state index is 12.1. The number of halogens is 2. The van der Waals surface area contributed by atoms with Gasteiger partial charge in [0.1, 0.15) is 4.21 Å². The van der Waals surface area contributed by atoms with Crippen LogP contribution < -0.4 is 4.72 Å². The van der Waals surface area contributed by atoms with Gasteiger partial charge in [-0.15, -0.1) is 11.3 Å². The highest BCUT2D eigenvalue weighted by molar-refractivity contribution is 9.11. The van der Waals surface area contributed by atoms with Gasteiger partial charge in [-0.05, 0) is 47.5 Å². The summed E-state index contributed by atoms with van der Waals surface area (Å²) in [6.45, 7) is 2.57. The van der Waals surface area contributed by atoms with Crippen molar-refractivity contribution >= 4 is 60.7 Å². The van der Waals surface area contributed by atoms with Crippen LogP contribution in [0, 0.1) is 0 Å². The Morgan fingerprint density at radius 3 is 2.83 bits per heavy atom. The molecule has 1 N–H and O–H groups in total. The van der Waals surface area contributed by atoms with Crippen molar-refractivity contribution in [2.45, 2.75) is 28.7 Å². The molecule has 1 fully saturated rings. The van der Waals surface area contributed by atoms with E-state index in [0.717, 1.165) is 29.9 Å². The van der Waals surface area contributed by atoms with Gasteiger partial charge >= 0.3 is 0 Å². The van der Waals surface area contributed by atoms with Gasteiger partial charge < -0.3 is 0 Å². The molecule has 0 saturated carbocycles. The maximum Gasteiger partial charge on any atom is 0.250 e. The molecule has 1 aliphatic rings. The SMILES string of the molecule is CC1(CNS(=O)(=O)c2cc(Cl)c(Br)s2)CCCS1. The molecule has 102 valence electrons. The summed E-state index contributed by atoms with van der Waals surface area (Å²) in [4.78, 5) is 0. The van der Waals surface area contributed by atoms with Crippen LogP contribution in [0.15, 0.2) is 14.1 Å². The second kappa shape index (κ2) is 5.61. The van der Waals surface area contributed by atoms with Crippen LogP contribution in [0.4, 0.5) is 0 Å². The predicted octanol–water partition coefficient (Wildman–Crippen LogP) is 3.73. The number of hydrogen-bond acceptors (Lipinski definition) is 4. The molecule has 2 heterocycles. The minimum absolute atomic E-state index is 0.0192. The van der Waals surface area contributed by atoms with Gasteiger partial charge in [0.15, 0.2) is 0 Å². The Bertz CT molecular complexity index is 518. The number of nitrogens with one attached hydrogen (secondary N) is 1. The van der Waals surface area contributed by atoms with Crippen LogP contribution >= 0.6 is 50.6 Å². The Morgan fingerprint density at radius 2 is 2.33 bits per heavy atom. The first-order valence-electron chi connectivity index (χ1n) is 5.41. The van der Waals surface area contributed by atoms with Crippen molar-refractivity contribution in [1.29, 1.82) is 0 Å². The molecule has 0 aromatic carbocycles. The lowest BCUT2D eigenvalue weighted by atomic mass is 10.1. The van der Waals surface area contributed by atoms with E-state index in [9.17, 15) is 8.42 Å². The van der Waals surface area contributed by atoms with Gasteiger partial charge in [0, 0.05) is 11.3 Å². The first-order valence-corrected chi connectivity index (χ1v) is 9.86. The van der Waals surface area contributed by atoms with Gasteiger partial charge in [0.2, 0.25) is 10.0 Å². The normalized spacial score (nSPS) is 24.6. The molecule has 0 aliphatic carbocycles. The summed E-state index contributed by atoms with van der Waals surface area (Å²) in [6.07, 6.45) is 2.20. The molecule has 1 aromatic rings. The van der Waals surface area contributed by atoms with Crippen LogP contribution in [0.1, 0.15) is 19.8 Å². The second-order valence-electron chi connectivity index (χ2n) is 4.41. The van der Waals surface area contributed by atoms with Crippen LogP contribution in [0.5, 0.6) is 0 Å². The molecular formula is C10H13BrClNO2S3. The zero-order valence-electron chi connectivity index (χ0n) is 9.70. The number of hydrogen-bond donors (Lipinski definition) is 1. The van der Waals surface area contributed by atoms with Gasteiger partial charge in [-0.3, -0.25) is 0 Å². The van der Waals surface area contributed by atoms with Gasteiger partial charge in [-0.1, -0.05) is 11.6 Å². The van der Waals surface area contributed by atoms with Crippen molar-refractivity contribution in [3.8, 4) is 0 Å². The molecule has 0 radical (unpaired) electrons. The van der Waals surface area contributed by atoms with Gasteiger partial charge in [0.25, 0.3) is 0 Å². The first kappa shape index (κ1) is 15.1. The van der Waals surface area contributed by atoms with Crippen LogP contribution in [0.3, 0.4) is 0 Å². The summed E-state index contributed by atoms with van der Waals surface area (Å²) in [5, 5.41) is 0.432. The summed E-state index contributed by atoms with van der Waals surface area (Å²) >= 11 is 12.0. The van der Waals surface area contributed by atoms with E-state index in [2.05, 4.69) is 27.6 Å². The summed E-state index contributed by atoms with van der Waals surface area (Å²) in [6, 6.07) is 1.47. The topological polar surface area (TPSA) is 46.2 Å². The third-order valence-corrected chi connectivity index (χ3v) is 8.71. The first-order chi connectivity index (χ1) is 8.32. The predicted molar refractivity (Wildman–Crippen MR) is 82.3 cm³/mol. The summed E-state index contributed by atoms with van der Waals surface area (Å²) in [5.41, 5.74) is 0. The van der Waals surface area contributed by atoms with E-state index >= 15 is 0 Å². The summed E-state index contributed by atoms with van der Waals surface area (Å²) in [5.74, 6) is 1.11. The Morgan fingerprint density at radius 1 is 1.61 bits per heavy atom. The van der Waals surface area contributed by atoms with Crippen LogP contribution in [-0.2, 0) is 10.0 Å². The lowest BCUT2D eigenvalue weighted by Crippen LogP contribution is -2.36. The average Bonchev–Trinajstić information content (AvgIpc) is 2.86. The molecule has 2 rings (SSSR count). The molecule has 1 aliphatic heterocycles. The van der Waals surface area contributed by atoms with Crippen LogP contribution in [0.25, 0.3) is 0 Å². The third kappa shape index (κ3) is 3.43. The molecule has 1 aromatic heterocycles. The molecule has 0 amide bonds. The summed E-state index contributed by atoms with van der Waals surface area (Å²) < 4.78 is 27.8. The Balaban J connectivity index is 2.08. The zero-order chi connectivity index (χ0) is 13.4. The second-order valence-corrected chi connectivity index (χ2v) is 10.9. The van der Waals surface area contributed by atoms with Crippen molar-refractivity contribution in [2.24, 2.45) is 0 Å². The van der Waals surface area contributed by atoms with Crippen molar-refractivity contribution < 1.29 is 8.42 Å². The highest BCUT2D eigenvalue weighted by Crippen LogP contribution is 2.38. The van der Waals surface area contributed by atoms with Crippen molar-refractivity contribution in [1.82, 2.24) is 4.72 Å². The lowest BCUT2D eigenvalue weighted by molar-refractivity contribution is 0.554. The standard InChI is InChI=1S/C10H13BrClNO2S3/c1-10(3-2-4-16-10)6-13-18(14,15)8-5-7(12)9(11)17-8/h5,13H,2-4,6H2,1H3. The number of thioether (sulfide) groups is 1. The van der Waals surface area contributed by atoms with Crippen molar-refractivity contribution in [3.63, 3.8) is 0 Å². The molecule has 0 bridgehead atoms. The van der Waals surface area contributed by atoms with Gasteiger partial charge in [-0.25, -0.2) is 13.1 Å². The molecule has 1 saturated heterocycles. The van der Waals surface area contributed by atoms with Crippen molar-refractivity contribution in [3.05, 3.63) is 14.9 Å². The van der Waals surface area contributed by atoms with E-state index in [1.807, 2.05) is 11.8 Å². The Hall–Kier alpha value is 0.730. The minimum Gasteiger partial charge on any atom is -0.209 e. The molecule has 1 atom stereocenters. The quantitative estimate of drug-likeness (QED) is 0.852. The van der Waals surface area contributed by atoms with E-state index in [-0.39, 0.29) is 8.96 Å². The van der Waals surface area contributed by atoms with E-state index in [0.29, 0.717) is 15.4 Å². The van der Waals surface area contributed by atoms with Crippen molar-refractivity contribution in [2.75, 3.05) is 12.3 Å².